The fraction of sp³-hybridized carbons (Fsp3) is 0.640. The van der Waals surface area contributed by atoms with Gasteiger partial charge in [0.25, 0.3) is 0 Å². The summed E-state index contributed by atoms with van der Waals surface area (Å²) in [5.74, 6) is -3.17. The number of methoxy groups -OCH3 is 2. The fourth-order valence-electron chi connectivity index (χ4n) is 9.17. The number of nitrogens with zero attached hydrogens (tertiary/aromatic N) is 3. The molecule has 0 saturated carbocycles. The van der Waals surface area contributed by atoms with Crippen LogP contribution < -0.4 is 10.6 Å². The van der Waals surface area contributed by atoms with Gasteiger partial charge in [-0.1, -0.05) is 97.4 Å². The second-order valence-electron chi connectivity index (χ2n) is 18.5. The summed E-state index contributed by atoms with van der Waals surface area (Å²) in [4.78, 5) is 86.1. The van der Waals surface area contributed by atoms with Gasteiger partial charge in [-0.2, -0.15) is 0 Å². The highest BCUT2D eigenvalue weighted by Crippen LogP contribution is 2.31. The van der Waals surface area contributed by atoms with E-state index in [0.717, 1.165) is 6.42 Å². The molecule has 1 aliphatic rings. The van der Waals surface area contributed by atoms with Crippen LogP contribution in [0.15, 0.2) is 54.6 Å². The molecule has 1 heterocycles. The lowest BCUT2D eigenvalue weighted by Crippen LogP contribution is -2.55. The number of aliphatic hydroxyl groups is 1. The van der Waals surface area contributed by atoms with Gasteiger partial charge >= 0.3 is 6.09 Å². The Kier molecular flexibility index (Phi) is 21.6. The normalized spacial score (nSPS) is 18.1. The number of carbonyl (C=O) groups is 6. The average Bonchev–Trinajstić information content (AvgIpc) is 3.76. The minimum absolute atomic E-state index is 0.0238. The highest BCUT2D eigenvalue weighted by molar-refractivity contribution is 5.92. The van der Waals surface area contributed by atoms with Crippen molar-refractivity contribution in [2.75, 3.05) is 40.2 Å². The molecule has 0 aliphatic carbocycles. The van der Waals surface area contributed by atoms with Crippen molar-refractivity contribution in [2.24, 2.45) is 29.6 Å². The van der Waals surface area contributed by atoms with Gasteiger partial charge < -0.3 is 44.7 Å². The van der Waals surface area contributed by atoms with E-state index < -0.39 is 54.4 Å². The summed E-state index contributed by atoms with van der Waals surface area (Å²) in [6.45, 7) is 16.9. The zero-order valence-electron chi connectivity index (χ0n) is 41.0. The molecule has 362 valence electrons. The highest BCUT2D eigenvalue weighted by atomic mass is 16.6. The van der Waals surface area contributed by atoms with Crippen LogP contribution in [-0.4, -0.2) is 127 Å². The predicted molar refractivity (Wildman–Crippen MR) is 250 cm³/mol. The number of hydrogen-bond acceptors (Lipinski definition) is 10. The van der Waals surface area contributed by atoms with E-state index in [0.29, 0.717) is 36.2 Å². The van der Waals surface area contributed by atoms with E-state index in [1.807, 2.05) is 59.7 Å². The molecule has 2 aromatic rings. The lowest BCUT2D eigenvalue weighted by atomic mass is 9.83. The molecule has 0 spiro atoms. The Bertz CT molecular complexity index is 1860. The molecule has 15 nitrogen and oxygen atoms in total. The number of ketones is 1. The van der Waals surface area contributed by atoms with E-state index in [4.69, 9.17) is 14.2 Å². The number of ether oxygens (including phenoxy) is 3. The van der Waals surface area contributed by atoms with Gasteiger partial charge in [0.1, 0.15) is 6.61 Å². The topological polar surface area (TPSA) is 184 Å². The van der Waals surface area contributed by atoms with Crippen molar-refractivity contribution in [3.8, 4) is 0 Å². The minimum atomic E-state index is -0.904. The van der Waals surface area contributed by atoms with E-state index >= 15 is 0 Å². The van der Waals surface area contributed by atoms with E-state index in [2.05, 4.69) is 10.6 Å². The van der Waals surface area contributed by atoms with Crippen molar-refractivity contribution < 1.29 is 48.1 Å². The van der Waals surface area contributed by atoms with Crippen LogP contribution in [0.25, 0.3) is 0 Å². The first kappa shape index (κ1) is 54.5. The van der Waals surface area contributed by atoms with Gasteiger partial charge in [0.05, 0.1) is 54.8 Å². The molecule has 5 amide bonds. The highest BCUT2D eigenvalue weighted by Gasteiger charge is 2.44. The lowest BCUT2D eigenvalue weighted by molar-refractivity contribution is -0.149. The number of nitrogens with one attached hydrogen (secondary N) is 2. The first-order valence-corrected chi connectivity index (χ1v) is 23.1. The zero-order chi connectivity index (χ0) is 48.7. The Morgan fingerprint density at radius 2 is 1.48 bits per heavy atom. The maximum Gasteiger partial charge on any atom is 0.410 e. The molecule has 1 aliphatic heterocycles. The van der Waals surface area contributed by atoms with Crippen molar-refractivity contribution in [2.45, 2.75) is 144 Å². The maximum atomic E-state index is 14.6. The predicted octanol–water partition coefficient (Wildman–Crippen LogP) is 6.63. The number of rotatable bonds is 24. The van der Waals surface area contributed by atoms with E-state index in [1.165, 1.54) is 33.1 Å². The maximum absolute atomic E-state index is 14.6. The molecule has 0 bridgehead atoms. The molecule has 0 aromatic heterocycles. The Morgan fingerprint density at radius 3 is 2.02 bits per heavy atom. The molecule has 65 heavy (non-hydrogen) atoms. The summed E-state index contributed by atoms with van der Waals surface area (Å²) in [6, 6.07) is 13.7. The SMILES string of the molecule is CC[C@H](C)[C@@H]([C@@H](CC(=O)N1CCC[C@H]1[C@H](OC)[C@@H](C)C(=O)N[C@H](C)[C@@H](O)c1ccccc1)OC)N(C)C(=O)[C@@H](CC(=O)[C@H](C(C)C)N(C)C(=O)OCc1ccc(NC(C)=O)cc1)C(C)C. The number of aliphatic hydroxyl groups excluding tert-OH is 1. The molecule has 0 radical (unpaired) electrons. The Morgan fingerprint density at radius 1 is 0.846 bits per heavy atom. The number of likely N-dealkylation sites (N-methyl/N-ethyl adjacent to an activating group) is 2. The summed E-state index contributed by atoms with van der Waals surface area (Å²) in [5, 5.41) is 16.5. The Balaban J connectivity index is 1.74. The van der Waals surface area contributed by atoms with Crippen molar-refractivity contribution in [1.82, 2.24) is 20.0 Å². The lowest BCUT2D eigenvalue weighted by Gasteiger charge is -2.41. The second kappa shape index (κ2) is 25.7. The van der Waals surface area contributed by atoms with Crippen LogP contribution in [0.4, 0.5) is 10.5 Å². The average molecular weight is 908 g/mol. The van der Waals surface area contributed by atoms with Gasteiger partial charge in [-0.05, 0) is 60.8 Å². The van der Waals surface area contributed by atoms with E-state index in [1.54, 1.807) is 67.1 Å². The third kappa shape index (κ3) is 14.8. The Labute approximate surface area is 387 Å². The number of likely N-dealkylation sites (tertiary alicyclic amines) is 1. The molecule has 10 atom stereocenters. The Hall–Kier alpha value is -4.86. The first-order valence-electron chi connectivity index (χ1n) is 23.1. The molecule has 2 aromatic carbocycles. The van der Waals surface area contributed by atoms with Gasteiger partial charge in [-0.3, -0.25) is 24.0 Å². The number of anilines is 1. The van der Waals surface area contributed by atoms with Crippen molar-refractivity contribution >= 4 is 41.2 Å². The standard InChI is InChI=1S/C50H77N5O10/c1-14-32(6)45(42(63-12)28-43(58)55-26-18-21-40(55)47(64-13)33(7)48(60)51-34(8)46(59)37-19-16-15-17-20-37)53(10)49(61)39(30(2)3)27-41(57)44(31(4)5)54(11)50(62)65-29-36-22-24-38(25-23-36)52-35(9)56/h15-17,19-20,22-25,30-34,39-40,42,44-47,59H,14,18,21,26-29H2,1-13H3,(H,51,60)(H,52,56)/t32-,33+,34+,39-,40-,42+,44-,45-,46+,47+/m0/s1. The monoisotopic (exact) mass is 908 g/mol. The van der Waals surface area contributed by atoms with E-state index in [9.17, 15) is 33.9 Å². The van der Waals surface area contributed by atoms with Crippen LogP contribution in [0, 0.1) is 29.6 Å². The number of carbonyl (C=O) groups excluding carboxylic acids is 6. The van der Waals surface area contributed by atoms with Crippen LogP contribution in [0.2, 0.25) is 0 Å². The summed E-state index contributed by atoms with van der Waals surface area (Å²) in [5.41, 5.74) is 2.01. The van der Waals surface area contributed by atoms with Gasteiger partial charge in [-0.15, -0.1) is 0 Å². The van der Waals surface area contributed by atoms with Gasteiger partial charge in [0.2, 0.25) is 23.6 Å². The van der Waals surface area contributed by atoms with Crippen molar-refractivity contribution in [3.63, 3.8) is 0 Å². The zero-order valence-corrected chi connectivity index (χ0v) is 41.0. The fourth-order valence-corrected chi connectivity index (χ4v) is 9.17. The van der Waals surface area contributed by atoms with Crippen LogP contribution >= 0.6 is 0 Å². The summed E-state index contributed by atoms with van der Waals surface area (Å²) in [6.07, 6.45) is -0.982. The molecule has 3 rings (SSSR count). The second-order valence-corrected chi connectivity index (χ2v) is 18.5. The largest absolute Gasteiger partial charge is 0.445 e. The molecule has 0 unspecified atom stereocenters. The minimum Gasteiger partial charge on any atom is -0.445 e. The number of Topliss-reactive ketones (excluding diaryl/α,β-unsaturated/α-hetero) is 1. The molecule has 3 N–H and O–H groups in total. The summed E-state index contributed by atoms with van der Waals surface area (Å²) < 4.78 is 17.6. The number of benzene rings is 2. The van der Waals surface area contributed by atoms with Gasteiger partial charge in [0.15, 0.2) is 5.78 Å². The molecule has 1 saturated heterocycles. The molecule has 1 fully saturated rings. The number of hydrogen-bond donors (Lipinski definition) is 3. The smallest absolute Gasteiger partial charge is 0.410 e. The molecular weight excluding hydrogens is 831 g/mol. The van der Waals surface area contributed by atoms with Gasteiger partial charge in [-0.25, -0.2) is 4.79 Å². The van der Waals surface area contributed by atoms with Crippen LogP contribution in [0.3, 0.4) is 0 Å². The third-order valence-electron chi connectivity index (χ3n) is 13.1. The molecule has 15 heteroatoms. The quantitative estimate of drug-likeness (QED) is 0.103. The van der Waals surface area contributed by atoms with Gasteiger partial charge in [0, 0.05) is 59.8 Å². The van der Waals surface area contributed by atoms with Crippen LogP contribution in [-0.2, 0) is 44.8 Å². The molecular formula is C50H77N5O10. The first-order chi connectivity index (χ1) is 30.7. The number of amides is 5. The van der Waals surface area contributed by atoms with Crippen LogP contribution in [0.1, 0.15) is 112 Å². The van der Waals surface area contributed by atoms with Crippen molar-refractivity contribution in [3.05, 3.63) is 65.7 Å². The van der Waals surface area contributed by atoms with Crippen molar-refractivity contribution in [1.29, 1.82) is 0 Å². The van der Waals surface area contributed by atoms with E-state index in [-0.39, 0.29) is 72.7 Å². The van der Waals surface area contributed by atoms with Crippen LogP contribution in [0.5, 0.6) is 0 Å². The third-order valence-corrected chi connectivity index (χ3v) is 13.1. The summed E-state index contributed by atoms with van der Waals surface area (Å²) in [7, 11) is 6.31. The summed E-state index contributed by atoms with van der Waals surface area (Å²) >= 11 is 0.